The molecule has 4 rings (SSSR count). The Morgan fingerprint density at radius 3 is 2.22 bits per heavy atom. The third-order valence-electron chi connectivity index (χ3n) is 4.63. The monoisotopic (exact) mass is 507 g/mol. The van der Waals surface area contributed by atoms with Gasteiger partial charge in [0.2, 0.25) is 0 Å². The van der Waals surface area contributed by atoms with Crippen LogP contribution >= 0.6 is 34.5 Å². The molecule has 0 atom stereocenters. The molecule has 0 aliphatic heterocycles. The van der Waals surface area contributed by atoms with E-state index in [0.29, 0.717) is 48.5 Å². The number of thiazole rings is 1. The van der Waals surface area contributed by atoms with E-state index in [2.05, 4.69) is 25.6 Å². The Hall–Kier alpha value is -2.46. The molecule has 0 unspecified atom stereocenters. The van der Waals surface area contributed by atoms with E-state index in [4.69, 9.17) is 23.2 Å². The SMILES string of the molecule is Cc1nc(Nc2ccc(S(=O)(=O)C(C)C)cc2)c2nc(Nc3c(Cl)cccc3Cl)sc2n1. The Balaban J connectivity index is 1.66. The average molecular weight is 508 g/mol. The van der Waals surface area contributed by atoms with Crippen molar-refractivity contribution in [1.82, 2.24) is 15.0 Å². The Morgan fingerprint density at radius 2 is 1.59 bits per heavy atom. The second-order valence-electron chi connectivity index (χ2n) is 7.26. The number of sulfone groups is 1. The van der Waals surface area contributed by atoms with Crippen molar-refractivity contribution in [1.29, 1.82) is 0 Å². The minimum absolute atomic E-state index is 0.277. The molecule has 166 valence electrons. The molecule has 2 N–H and O–H groups in total. The Kier molecular flexibility index (Phi) is 6.26. The van der Waals surface area contributed by atoms with Crippen molar-refractivity contribution in [2.75, 3.05) is 10.6 Å². The highest BCUT2D eigenvalue weighted by Crippen LogP contribution is 2.36. The van der Waals surface area contributed by atoms with Crippen LogP contribution in [0.2, 0.25) is 10.0 Å². The molecule has 0 aliphatic rings. The van der Waals surface area contributed by atoms with Crippen LogP contribution in [0.4, 0.5) is 22.3 Å². The Bertz CT molecular complexity index is 1380. The number of benzene rings is 2. The summed E-state index contributed by atoms with van der Waals surface area (Å²) < 4.78 is 24.7. The first-order valence-electron chi connectivity index (χ1n) is 9.62. The number of rotatable bonds is 6. The molecular weight excluding hydrogens is 489 g/mol. The summed E-state index contributed by atoms with van der Waals surface area (Å²) in [4.78, 5) is 14.5. The highest BCUT2D eigenvalue weighted by atomic mass is 35.5. The van der Waals surface area contributed by atoms with E-state index in [0.717, 1.165) is 0 Å². The molecule has 32 heavy (non-hydrogen) atoms. The van der Waals surface area contributed by atoms with Crippen molar-refractivity contribution >= 4 is 77.0 Å². The molecule has 0 amide bonds. The molecule has 0 fully saturated rings. The molecule has 0 radical (unpaired) electrons. The van der Waals surface area contributed by atoms with E-state index in [1.54, 1.807) is 63.2 Å². The van der Waals surface area contributed by atoms with Gasteiger partial charge in [0.15, 0.2) is 25.6 Å². The van der Waals surface area contributed by atoms with Gasteiger partial charge in [0.25, 0.3) is 0 Å². The maximum absolute atomic E-state index is 12.3. The zero-order valence-corrected chi connectivity index (χ0v) is 20.5. The fourth-order valence-corrected chi connectivity index (χ4v) is 5.37. The van der Waals surface area contributed by atoms with Crippen LogP contribution in [0.5, 0.6) is 0 Å². The van der Waals surface area contributed by atoms with Crippen LogP contribution < -0.4 is 10.6 Å². The number of aromatic nitrogens is 3. The van der Waals surface area contributed by atoms with E-state index >= 15 is 0 Å². The Labute approximate surface area is 199 Å². The van der Waals surface area contributed by atoms with Gasteiger partial charge in [-0.1, -0.05) is 40.6 Å². The fourth-order valence-electron chi connectivity index (χ4n) is 2.93. The molecule has 0 bridgehead atoms. The molecule has 4 aromatic rings. The lowest BCUT2D eigenvalue weighted by Gasteiger charge is -2.10. The summed E-state index contributed by atoms with van der Waals surface area (Å²) in [6.07, 6.45) is 0. The number of nitrogens with zero attached hydrogens (tertiary/aromatic N) is 3. The van der Waals surface area contributed by atoms with Gasteiger partial charge in [-0.15, -0.1) is 0 Å². The molecule has 2 aromatic carbocycles. The number of hydrogen-bond acceptors (Lipinski definition) is 8. The second kappa shape index (κ2) is 8.82. The highest BCUT2D eigenvalue weighted by molar-refractivity contribution is 7.92. The van der Waals surface area contributed by atoms with Crippen LogP contribution in [0.25, 0.3) is 10.3 Å². The van der Waals surface area contributed by atoms with Gasteiger partial charge in [-0.3, -0.25) is 0 Å². The van der Waals surface area contributed by atoms with Crippen molar-refractivity contribution in [2.24, 2.45) is 0 Å². The van der Waals surface area contributed by atoms with E-state index in [-0.39, 0.29) is 4.90 Å². The van der Waals surface area contributed by atoms with Crippen molar-refractivity contribution in [3.8, 4) is 0 Å². The second-order valence-corrected chi connectivity index (χ2v) is 11.6. The first-order valence-corrected chi connectivity index (χ1v) is 12.7. The lowest BCUT2D eigenvalue weighted by Crippen LogP contribution is -2.13. The zero-order chi connectivity index (χ0) is 23.0. The van der Waals surface area contributed by atoms with Crippen molar-refractivity contribution in [3.05, 3.63) is 58.3 Å². The number of para-hydroxylation sites is 1. The van der Waals surface area contributed by atoms with Crippen LogP contribution in [0, 0.1) is 6.92 Å². The molecular formula is C21H19Cl2N5O2S2. The van der Waals surface area contributed by atoms with Gasteiger partial charge in [0, 0.05) is 5.69 Å². The van der Waals surface area contributed by atoms with Crippen molar-refractivity contribution in [2.45, 2.75) is 30.9 Å². The summed E-state index contributed by atoms with van der Waals surface area (Å²) in [7, 11) is -3.34. The molecule has 2 aromatic heterocycles. The summed E-state index contributed by atoms with van der Waals surface area (Å²) in [6, 6.07) is 11.8. The maximum Gasteiger partial charge on any atom is 0.190 e. The van der Waals surface area contributed by atoms with Crippen LogP contribution in [-0.2, 0) is 9.84 Å². The summed E-state index contributed by atoms with van der Waals surface area (Å²) in [5.74, 6) is 1.09. The number of hydrogen-bond donors (Lipinski definition) is 2. The predicted molar refractivity (Wildman–Crippen MR) is 132 cm³/mol. The topological polar surface area (TPSA) is 96.9 Å². The van der Waals surface area contributed by atoms with Crippen molar-refractivity contribution in [3.63, 3.8) is 0 Å². The Morgan fingerprint density at radius 1 is 0.938 bits per heavy atom. The van der Waals surface area contributed by atoms with Crippen molar-refractivity contribution < 1.29 is 8.42 Å². The number of halogens is 2. The van der Waals surface area contributed by atoms with Gasteiger partial charge in [-0.2, -0.15) is 0 Å². The van der Waals surface area contributed by atoms with Crippen LogP contribution in [-0.4, -0.2) is 28.6 Å². The van der Waals surface area contributed by atoms with Gasteiger partial charge in [-0.05, 0) is 57.2 Å². The minimum Gasteiger partial charge on any atom is -0.338 e. The lowest BCUT2D eigenvalue weighted by molar-refractivity contribution is 0.587. The minimum atomic E-state index is -3.34. The average Bonchev–Trinajstić information content (AvgIpc) is 3.14. The number of aryl methyl sites for hydroxylation is 1. The molecule has 0 spiro atoms. The van der Waals surface area contributed by atoms with Gasteiger partial charge < -0.3 is 10.6 Å². The first-order chi connectivity index (χ1) is 15.1. The summed E-state index contributed by atoms with van der Waals surface area (Å²) in [5.41, 5.74) is 1.82. The quantitative estimate of drug-likeness (QED) is 0.312. The summed E-state index contributed by atoms with van der Waals surface area (Å²) in [5, 5.41) is 7.41. The molecule has 7 nitrogen and oxygen atoms in total. The number of fused-ring (bicyclic) bond motifs is 1. The lowest BCUT2D eigenvalue weighted by atomic mass is 10.3. The van der Waals surface area contributed by atoms with E-state index in [9.17, 15) is 8.42 Å². The smallest absolute Gasteiger partial charge is 0.190 e. The summed E-state index contributed by atoms with van der Waals surface area (Å²) >= 11 is 13.9. The molecule has 0 aliphatic carbocycles. The molecule has 2 heterocycles. The van der Waals surface area contributed by atoms with Crippen LogP contribution in [0.3, 0.4) is 0 Å². The van der Waals surface area contributed by atoms with Crippen LogP contribution in [0.15, 0.2) is 47.4 Å². The first kappa shape index (κ1) is 22.7. The van der Waals surface area contributed by atoms with Gasteiger partial charge >= 0.3 is 0 Å². The van der Waals surface area contributed by atoms with Crippen LogP contribution in [0.1, 0.15) is 19.7 Å². The molecule has 11 heteroatoms. The van der Waals surface area contributed by atoms with Gasteiger partial charge in [-0.25, -0.2) is 23.4 Å². The highest BCUT2D eigenvalue weighted by Gasteiger charge is 2.19. The molecule has 0 saturated heterocycles. The third kappa shape index (κ3) is 4.52. The normalized spacial score (nSPS) is 11.8. The maximum atomic E-state index is 12.3. The van der Waals surface area contributed by atoms with E-state index < -0.39 is 15.1 Å². The third-order valence-corrected chi connectivity index (χ3v) is 8.30. The van der Waals surface area contributed by atoms with Gasteiger partial charge in [0.1, 0.15) is 11.3 Å². The predicted octanol–water partition coefficient (Wildman–Crippen LogP) is 6.37. The van der Waals surface area contributed by atoms with Gasteiger partial charge in [0.05, 0.1) is 25.9 Å². The number of nitrogens with one attached hydrogen (secondary N) is 2. The summed E-state index contributed by atoms with van der Waals surface area (Å²) in [6.45, 7) is 5.11. The fraction of sp³-hybridized carbons (Fsp3) is 0.190. The molecule has 0 saturated carbocycles. The van der Waals surface area contributed by atoms with E-state index in [1.807, 2.05) is 0 Å². The standard InChI is InChI=1S/C21H19Cl2N5O2S2/c1-11(2)32(29,30)14-9-7-13(8-10-14)26-19-18-20(25-12(3)24-19)31-21(28-18)27-17-15(22)5-4-6-16(17)23/h4-11H,1-3H3,(H,27,28)(H,24,25,26). The largest absolute Gasteiger partial charge is 0.338 e. The number of anilines is 4. The van der Waals surface area contributed by atoms with E-state index in [1.165, 1.54) is 11.3 Å². The zero-order valence-electron chi connectivity index (χ0n) is 17.3.